The summed E-state index contributed by atoms with van der Waals surface area (Å²) in [7, 11) is 0. The van der Waals surface area contributed by atoms with Crippen LogP contribution in [0.2, 0.25) is 0 Å². The van der Waals surface area contributed by atoms with Crippen molar-refractivity contribution in [3.8, 4) is 5.75 Å². The predicted molar refractivity (Wildman–Crippen MR) is 82.1 cm³/mol. The normalized spacial score (nSPS) is 11.0. The number of hydrogen-bond acceptors (Lipinski definition) is 3. The maximum Gasteiger partial charge on any atom is 0.335 e. The number of aromatic carboxylic acids is 1. The maximum atomic E-state index is 10.2. The number of aliphatic hydroxyl groups is 1. The molecule has 0 radical (unpaired) electrons. The van der Waals surface area contributed by atoms with Gasteiger partial charge in [-0.2, -0.15) is 0 Å². The molecule has 2 aromatic rings. The van der Waals surface area contributed by atoms with Crippen LogP contribution in [0.15, 0.2) is 60.7 Å². The van der Waals surface area contributed by atoms with Crippen LogP contribution in [-0.4, -0.2) is 34.8 Å². The SMILES string of the molecule is O=C(O)c1ccccc1.OC(CCl)COc1ccccc1. The molecule has 112 valence electrons. The molecule has 0 spiro atoms. The van der Waals surface area contributed by atoms with Gasteiger partial charge in [0.05, 0.1) is 11.4 Å². The van der Waals surface area contributed by atoms with Gasteiger partial charge in [0, 0.05) is 0 Å². The van der Waals surface area contributed by atoms with Gasteiger partial charge in [0.1, 0.15) is 18.5 Å². The number of para-hydroxylation sites is 1. The Kier molecular flexibility index (Phi) is 7.94. The average Bonchev–Trinajstić information content (AvgIpc) is 2.55. The first-order chi connectivity index (χ1) is 10.1. The fourth-order valence-corrected chi connectivity index (χ4v) is 1.42. The molecule has 5 heteroatoms. The number of benzene rings is 2. The summed E-state index contributed by atoms with van der Waals surface area (Å²) in [5.74, 6) is 0.0737. The largest absolute Gasteiger partial charge is 0.491 e. The molecule has 21 heavy (non-hydrogen) atoms. The summed E-state index contributed by atoms with van der Waals surface area (Å²) in [4.78, 5) is 10.2. The highest BCUT2D eigenvalue weighted by atomic mass is 35.5. The number of hydrogen-bond donors (Lipinski definition) is 2. The summed E-state index contributed by atoms with van der Waals surface area (Å²) in [5, 5.41) is 17.4. The topological polar surface area (TPSA) is 66.8 Å². The summed E-state index contributed by atoms with van der Waals surface area (Å²) >= 11 is 5.39. The van der Waals surface area contributed by atoms with Crippen molar-refractivity contribution in [2.45, 2.75) is 6.10 Å². The minimum absolute atomic E-state index is 0.201. The molecule has 0 amide bonds. The van der Waals surface area contributed by atoms with Crippen molar-refractivity contribution in [1.82, 2.24) is 0 Å². The van der Waals surface area contributed by atoms with Crippen LogP contribution in [0, 0.1) is 0 Å². The Bertz CT molecular complexity index is 516. The number of carboxylic acid groups (broad SMARTS) is 1. The lowest BCUT2D eigenvalue weighted by molar-refractivity contribution is 0.0697. The Morgan fingerprint density at radius 3 is 2.00 bits per heavy atom. The molecular formula is C16H17ClO4. The molecule has 0 aliphatic rings. The molecule has 0 saturated heterocycles. The highest BCUT2D eigenvalue weighted by molar-refractivity contribution is 6.18. The third-order valence-electron chi connectivity index (χ3n) is 2.38. The second-order valence-electron chi connectivity index (χ2n) is 4.10. The van der Waals surface area contributed by atoms with Gasteiger partial charge in [0.15, 0.2) is 0 Å². The van der Waals surface area contributed by atoms with Gasteiger partial charge in [-0.1, -0.05) is 36.4 Å². The Labute approximate surface area is 128 Å². The van der Waals surface area contributed by atoms with E-state index in [4.69, 9.17) is 26.6 Å². The van der Waals surface area contributed by atoms with E-state index in [2.05, 4.69) is 0 Å². The van der Waals surface area contributed by atoms with E-state index in [-0.39, 0.29) is 12.5 Å². The first-order valence-corrected chi connectivity index (χ1v) is 6.87. The van der Waals surface area contributed by atoms with Crippen LogP contribution >= 0.6 is 11.6 Å². The van der Waals surface area contributed by atoms with Crippen molar-refractivity contribution in [3.63, 3.8) is 0 Å². The predicted octanol–water partition coefficient (Wildman–Crippen LogP) is 3.05. The van der Waals surface area contributed by atoms with Gasteiger partial charge in [0.25, 0.3) is 0 Å². The van der Waals surface area contributed by atoms with Crippen LogP contribution in [0.4, 0.5) is 0 Å². The number of ether oxygens (including phenoxy) is 1. The van der Waals surface area contributed by atoms with Gasteiger partial charge in [-0.25, -0.2) is 4.79 Å². The number of aliphatic hydroxyl groups excluding tert-OH is 1. The summed E-state index contributed by atoms with van der Waals surface area (Å²) in [5.41, 5.74) is 0.331. The van der Waals surface area contributed by atoms with Gasteiger partial charge in [-0.05, 0) is 24.3 Å². The van der Waals surface area contributed by atoms with E-state index in [1.54, 1.807) is 30.3 Å². The minimum atomic E-state index is -0.879. The molecule has 4 nitrogen and oxygen atoms in total. The third kappa shape index (κ3) is 7.34. The zero-order valence-electron chi connectivity index (χ0n) is 11.4. The van der Waals surface area contributed by atoms with E-state index < -0.39 is 12.1 Å². The number of carbonyl (C=O) groups is 1. The van der Waals surface area contributed by atoms with Crippen molar-refractivity contribution in [1.29, 1.82) is 0 Å². The van der Waals surface area contributed by atoms with Crippen LogP contribution in [0.3, 0.4) is 0 Å². The molecular weight excluding hydrogens is 292 g/mol. The first kappa shape index (κ1) is 17.0. The number of carboxylic acids is 1. The van der Waals surface area contributed by atoms with Crippen LogP contribution < -0.4 is 4.74 Å². The molecule has 2 aromatic carbocycles. The van der Waals surface area contributed by atoms with E-state index in [0.29, 0.717) is 5.56 Å². The highest BCUT2D eigenvalue weighted by Crippen LogP contribution is 2.08. The Morgan fingerprint density at radius 1 is 1.05 bits per heavy atom. The van der Waals surface area contributed by atoms with E-state index in [1.807, 2.05) is 30.3 Å². The lowest BCUT2D eigenvalue weighted by Crippen LogP contribution is -2.18. The Balaban J connectivity index is 0.000000219. The molecule has 0 aliphatic carbocycles. The Morgan fingerprint density at radius 2 is 1.57 bits per heavy atom. The quantitative estimate of drug-likeness (QED) is 0.833. The van der Waals surface area contributed by atoms with E-state index in [0.717, 1.165) is 5.75 Å². The second-order valence-corrected chi connectivity index (χ2v) is 4.41. The number of alkyl halides is 1. The summed E-state index contributed by atoms with van der Waals surface area (Å²) < 4.78 is 5.22. The molecule has 0 aromatic heterocycles. The lowest BCUT2D eigenvalue weighted by atomic mass is 10.2. The van der Waals surface area contributed by atoms with Gasteiger partial charge in [-0.15, -0.1) is 11.6 Å². The van der Waals surface area contributed by atoms with E-state index in [9.17, 15) is 4.79 Å². The van der Waals surface area contributed by atoms with Gasteiger partial charge in [-0.3, -0.25) is 0 Å². The third-order valence-corrected chi connectivity index (χ3v) is 2.74. The van der Waals surface area contributed by atoms with E-state index in [1.165, 1.54) is 0 Å². The minimum Gasteiger partial charge on any atom is -0.491 e. The standard InChI is InChI=1S/C9H11ClO2.C7H6O2/c10-6-8(11)7-12-9-4-2-1-3-5-9;8-7(9)6-4-2-1-3-5-6/h1-5,8,11H,6-7H2;1-5H,(H,8,9). The molecule has 0 saturated carbocycles. The average molecular weight is 309 g/mol. The molecule has 0 bridgehead atoms. The van der Waals surface area contributed by atoms with Crippen molar-refractivity contribution in [2.24, 2.45) is 0 Å². The summed E-state index contributed by atoms with van der Waals surface area (Å²) in [6.07, 6.45) is -0.591. The van der Waals surface area contributed by atoms with Crippen LogP contribution in [0.25, 0.3) is 0 Å². The molecule has 2 N–H and O–H groups in total. The number of halogens is 1. The molecule has 0 aliphatic heterocycles. The molecule has 0 fully saturated rings. The first-order valence-electron chi connectivity index (χ1n) is 6.33. The molecule has 2 rings (SSSR count). The van der Waals surface area contributed by atoms with Crippen molar-refractivity contribution >= 4 is 17.6 Å². The van der Waals surface area contributed by atoms with Crippen LogP contribution in [0.1, 0.15) is 10.4 Å². The van der Waals surface area contributed by atoms with Crippen molar-refractivity contribution in [3.05, 3.63) is 66.2 Å². The van der Waals surface area contributed by atoms with E-state index >= 15 is 0 Å². The summed E-state index contributed by atoms with van der Waals surface area (Å²) in [6, 6.07) is 17.6. The number of rotatable bonds is 5. The maximum absolute atomic E-state index is 10.2. The van der Waals surface area contributed by atoms with Gasteiger partial charge < -0.3 is 14.9 Å². The lowest BCUT2D eigenvalue weighted by Gasteiger charge is -2.08. The molecule has 1 unspecified atom stereocenters. The zero-order chi connectivity index (χ0) is 15.5. The van der Waals surface area contributed by atoms with Crippen LogP contribution in [-0.2, 0) is 0 Å². The smallest absolute Gasteiger partial charge is 0.335 e. The summed E-state index contributed by atoms with van der Waals surface area (Å²) in [6.45, 7) is 0.244. The Hall–Kier alpha value is -2.04. The molecule has 1 atom stereocenters. The molecule has 0 heterocycles. The highest BCUT2D eigenvalue weighted by Gasteiger charge is 2.01. The fraction of sp³-hybridized carbons (Fsp3) is 0.188. The fourth-order valence-electron chi connectivity index (χ4n) is 1.33. The van der Waals surface area contributed by atoms with Gasteiger partial charge in [0.2, 0.25) is 0 Å². The van der Waals surface area contributed by atoms with Gasteiger partial charge >= 0.3 is 5.97 Å². The van der Waals surface area contributed by atoms with Crippen molar-refractivity contribution < 1.29 is 19.7 Å². The van der Waals surface area contributed by atoms with Crippen LogP contribution in [0.5, 0.6) is 5.75 Å². The second kappa shape index (κ2) is 9.80. The monoisotopic (exact) mass is 308 g/mol. The van der Waals surface area contributed by atoms with Crippen molar-refractivity contribution in [2.75, 3.05) is 12.5 Å². The zero-order valence-corrected chi connectivity index (χ0v) is 12.1.